The second kappa shape index (κ2) is 6.69. The van der Waals surface area contributed by atoms with Crippen LogP contribution in [0.1, 0.15) is 11.1 Å². The number of aryl methyl sites for hydroxylation is 1. The third kappa shape index (κ3) is 3.72. The molecule has 0 fully saturated rings. The van der Waals surface area contributed by atoms with Crippen LogP contribution >= 0.6 is 0 Å². The third-order valence-electron chi connectivity index (χ3n) is 3.81. The average molecular weight is 364 g/mol. The molecule has 0 radical (unpaired) electrons. The van der Waals surface area contributed by atoms with Crippen molar-refractivity contribution < 1.29 is 22.8 Å². The Bertz CT molecular complexity index is 926. The fraction of sp³-hybridized carbons (Fsp3) is 0.250. The second-order valence-corrected chi connectivity index (χ2v) is 7.28. The van der Waals surface area contributed by atoms with E-state index in [9.17, 15) is 18.5 Å². The molecular weight excluding hydrogens is 348 g/mol. The molecule has 2 aromatic carbocycles. The molecule has 0 atom stereocenters. The number of nitro groups is 1. The summed E-state index contributed by atoms with van der Waals surface area (Å²) in [5.41, 5.74) is 1.07. The molecule has 0 spiro atoms. The molecule has 0 unspecified atom stereocenters. The van der Waals surface area contributed by atoms with Crippen LogP contribution in [0.3, 0.4) is 0 Å². The molecule has 1 aliphatic rings. The molecule has 1 aliphatic heterocycles. The third-order valence-corrected chi connectivity index (χ3v) is 5.42. The van der Waals surface area contributed by atoms with Crippen molar-refractivity contribution in [2.75, 3.05) is 13.3 Å². The zero-order valence-electron chi connectivity index (χ0n) is 13.4. The molecule has 3 rings (SSSR count). The number of hydrogen-bond acceptors (Lipinski definition) is 6. The van der Waals surface area contributed by atoms with Crippen molar-refractivity contribution >= 4 is 15.7 Å². The van der Waals surface area contributed by atoms with E-state index in [1.165, 1.54) is 12.1 Å². The molecule has 132 valence electrons. The largest absolute Gasteiger partial charge is 0.454 e. The summed E-state index contributed by atoms with van der Waals surface area (Å²) >= 11 is 0. The Morgan fingerprint density at radius 3 is 2.68 bits per heavy atom. The zero-order valence-corrected chi connectivity index (χ0v) is 14.2. The number of nitrogens with zero attached hydrogens (tertiary/aromatic N) is 1. The Morgan fingerprint density at radius 2 is 1.92 bits per heavy atom. The molecule has 0 aromatic heterocycles. The Balaban J connectivity index is 1.70. The molecule has 0 aliphatic carbocycles. The summed E-state index contributed by atoms with van der Waals surface area (Å²) in [6.07, 6.45) is 0.448. The maximum Gasteiger partial charge on any atom is 0.270 e. The summed E-state index contributed by atoms with van der Waals surface area (Å²) < 4.78 is 37.8. The van der Waals surface area contributed by atoms with Crippen molar-refractivity contribution in [2.24, 2.45) is 0 Å². The molecule has 0 bridgehead atoms. The summed E-state index contributed by atoms with van der Waals surface area (Å²) in [6.45, 7) is 1.93. The minimum atomic E-state index is -3.84. The molecule has 1 heterocycles. The Morgan fingerprint density at radius 1 is 1.16 bits per heavy atom. The highest BCUT2D eigenvalue weighted by atomic mass is 32.2. The average Bonchev–Trinajstić information content (AvgIpc) is 3.02. The molecule has 1 N–H and O–H groups in total. The quantitative estimate of drug-likeness (QED) is 0.621. The van der Waals surface area contributed by atoms with Crippen molar-refractivity contribution in [1.29, 1.82) is 0 Å². The van der Waals surface area contributed by atoms with Crippen molar-refractivity contribution in [3.05, 3.63) is 57.6 Å². The number of ether oxygens (including phenoxy) is 2. The van der Waals surface area contributed by atoms with Crippen LogP contribution < -0.4 is 14.2 Å². The second-order valence-electron chi connectivity index (χ2n) is 5.54. The summed E-state index contributed by atoms with van der Waals surface area (Å²) in [7, 11) is -3.84. The highest BCUT2D eigenvalue weighted by Crippen LogP contribution is 2.32. The number of hydrogen-bond donors (Lipinski definition) is 1. The number of fused-ring (bicyclic) bond motifs is 1. The van der Waals surface area contributed by atoms with Crippen LogP contribution in [0.4, 0.5) is 5.69 Å². The van der Waals surface area contributed by atoms with Gasteiger partial charge in [-0.1, -0.05) is 12.1 Å². The molecular formula is C16H16N2O6S. The molecule has 0 amide bonds. The maximum absolute atomic E-state index is 12.4. The lowest BCUT2D eigenvalue weighted by Crippen LogP contribution is -2.26. The van der Waals surface area contributed by atoms with Gasteiger partial charge in [0.15, 0.2) is 11.5 Å². The fourth-order valence-corrected chi connectivity index (χ4v) is 3.79. The van der Waals surface area contributed by atoms with Crippen molar-refractivity contribution in [3.8, 4) is 11.5 Å². The van der Waals surface area contributed by atoms with Crippen molar-refractivity contribution in [1.82, 2.24) is 4.72 Å². The van der Waals surface area contributed by atoms with E-state index in [0.29, 0.717) is 23.5 Å². The van der Waals surface area contributed by atoms with Gasteiger partial charge in [0.1, 0.15) is 0 Å². The minimum absolute atomic E-state index is 0.0904. The number of nitrogens with one attached hydrogen (secondary N) is 1. The highest BCUT2D eigenvalue weighted by molar-refractivity contribution is 7.89. The van der Waals surface area contributed by atoms with Crippen LogP contribution in [-0.2, 0) is 16.4 Å². The van der Waals surface area contributed by atoms with Gasteiger partial charge >= 0.3 is 0 Å². The first kappa shape index (κ1) is 17.2. The topological polar surface area (TPSA) is 108 Å². The van der Waals surface area contributed by atoms with Crippen LogP contribution in [0.5, 0.6) is 11.5 Å². The van der Waals surface area contributed by atoms with Crippen LogP contribution in [0.25, 0.3) is 0 Å². The molecule has 9 heteroatoms. The van der Waals surface area contributed by atoms with E-state index in [2.05, 4.69) is 4.72 Å². The first-order valence-corrected chi connectivity index (χ1v) is 8.98. The van der Waals surface area contributed by atoms with Crippen LogP contribution in [0.15, 0.2) is 41.3 Å². The molecule has 8 nitrogen and oxygen atoms in total. The Kier molecular flexibility index (Phi) is 4.60. The first-order chi connectivity index (χ1) is 11.9. The van der Waals surface area contributed by atoms with E-state index in [1.54, 1.807) is 19.1 Å². The summed E-state index contributed by atoms with van der Waals surface area (Å²) in [6, 6.07) is 9.18. The van der Waals surface area contributed by atoms with E-state index < -0.39 is 14.9 Å². The van der Waals surface area contributed by atoms with Gasteiger partial charge in [-0.3, -0.25) is 10.1 Å². The van der Waals surface area contributed by atoms with Crippen LogP contribution in [0, 0.1) is 17.0 Å². The zero-order chi connectivity index (χ0) is 18.0. The smallest absolute Gasteiger partial charge is 0.270 e. The van der Waals surface area contributed by atoms with Gasteiger partial charge in [-0.2, -0.15) is 0 Å². The predicted molar refractivity (Wildman–Crippen MR) is 89.3 cm³/mol. The number of nitro benzene ring substituents is 1. The minimum Gasteiger partial charge on any atom is -0.454 e. The SMILES string of the molecule is Cc1ccc([N+](=O)[O-])cc1S(=O)(=O)NCCc1ccc2c(c1)OCO2. The maximum atomic E-state index is 12.4. The van der Waals surface area contributed by atoms with Gasteiger partial charge in [0.2, 0.25) is 16.8 Å². The van der Waals surface area contributed by atoms with Gasteiger partial charge in [0.25, 0.3) is 5.69 Å². The Labute approximate surface area is 144 Å². The van der Waals surface area contributed by atoms with Gasteiger partial charge in [-0.25, -0.2) is 13.1 Å². The van der Waals surface area contributed by atoms with E-state index in [4.69, 9.17) is 9.47 Å². The molecule has 0 saturated carbocycles. The lowest BCUT2D eigenvalue weighted by molar-refractivity contribution is -0.385. The first-order valence-electron chi connectivity index (χ1n) is 7.50. The lowest BCUT2D eigenvalue weighted by Gasteiger charge is -2.09. The monoisotopic (exact) mass is 364 g/mol. The number of rotatable bonds is 6. The standard InChI is InChI=1S/C16H16N2O6S/c1-11-2-4-13(18(19)20)9-16(11)25(21,22)17-7-6-12-3-5-14-15(8-12)24-10-23-14/h2-5,8-9,17H,6-7,10H2,1H3. The summed E-state index contributed by atoms with van der Waals surface area (Å²) in [5, 5.41) is 10.9. The van der Waals surface area contributed by atoms with E-state index in [0.717, 1.165) is 11.6 Å². The summed E-state index contributed by atoms with van der Waals surface area (Å²) in [5.74, 6) is 1.30. The van der Waals surface area contributed by atoms with Crippen molar-refractivity contribution in [2.45, 2.75) is 18.2 Å². The molecule has 25 heavy (non-hydrogen) atoms. The number of benzene rings is 2. The Hall–Kier alpha value is -2.65. The van der Waals surface area contributed by atoms with Gasteiger partial charge in [-0.05, 0) is 36.6 Å². The van der Waals surface area contributed by atoms with Gasteiger partial charge in [0, 0.05) is 18.7 Å². The van der Waals surface area contributed by atoms with Crippen LogP contribution in [-0.4, -0.2) is 26.7 Å². The van der Waals surface area contributed by atoms with Gasteiger partial charge in [-0.15, -0.1) is 0 Å². The van der Waals surface area contributed by atoms with Crippen LogP contribution in [0.2, 0.25) is 0 Å². The molecule has 2 aromatic rings. The highest BCUT2D eigenvalue weighted by Gasteiger charge is 2.20. The van der Waals surface area contributed by atoms with Crippen molar-refractivity contribution in [3.63, 3.8) is 0 Å². The predicted octanol–water partition coefficient (Wildman–Crippen LogP) is 2.15. The molecule has 0 saturated heterocycles. The van der Waals surface area contributed by atoms with E-state index in [-0.39, 0.29) is 23.9 Å². The summed E-state index contributed by atoms with van der Waals surface area (Å²) in [4.78, 5) is 10.1. The fourth-order valence-electron chi connectivity index (χ4n) is 2.50. The van der Waals surface area contributed by atoms with E-state index in [1.807, 2.05) is 6.07 Å². The lowest BCUT2D eigenvalue weighted by atomic mass is 10.1. The van der Waals surface area contributed by atoms with Gasteiger partial charge < -0.3 is 9.47 Å². The number of sulfonamides is 1. The van der Waals surface area contributed by atoms with E-state index >= 15 is 0 Å². The normalized spacial score (nSPS) is 13.0. The number of non-ortho nitro benzene ring substituents is 1. The van der Waals surface area contributed by atoms with Gasteiger partial charge in [0.05, 0.1) is 9.82 Å².